The number of pyridine rings is 1. The van der Waals surface area contributed by atoms with Crippen molar-refractivity contribution in [3.05, 3.63) is 54.4 Å². The molecule has 0 unspecified atom stereocenters. The molecule has 1 aliphatic carbocycles. The summed E-state index contributed by atoms with van der Waals surface area (Å²) in [4.78, 5) is 26.9. The number of hydrogen-bond acceptors (Lipinski definition) is 5. The number of ether oxygens (including phenoxy) is 1. The molecule has 0 N–H and O–H groups in total. The Bertz CT molecular complexity index is 725. The van der Waals surface area contributed by atoms with Crippen LogP contribution in [-0.4, -0.2) is 45.5 Å². The van der Waals surface area contributed by atoms with E-state index in [-0.39, 0.29) is 11.3 Å². The van der Waals surface area contributed by atoms with Crippen LogP contribution in [0.3, 0.4) is 0 Å². The average molecular weight is 338 g/mol. The maximum atomic E-state index is 12.7. The van der Waals surface area contributed by atoms with Crippen molar-refractivity contribution in [1.29, 1.82) is 0 Å². The molecule has 6 nitrogen and oxygen atoms in total. The second-order valence-corrected chi connectivity index (χ2v) is 7.05. The highest BCUT2D eigenvalue weighted by Gasteiger charge is 2.50. The van der Waals surface area contributed by atoms with Gasteiger partial charge < -0.3 is 9.64 Å². The van der Waals surface area contributed by atoms with Crippen LogP contribution in [0.1, 0.15) is 35.4 Å². The summed E-state index contributed by atoms with van der Waals surface area (Å²) in [5.74, 6) is 0.517. The van der Waals surface area contributed by atoms with Crippen molar-refractivity contribution in [2.75, 3.05) is 19.7 Å². The number of amides is 1. The van der Waals surface area contributed by atoms with Crippen molar-refractivity contribution in [3.8, 4) is 0 Å². The Kier molecular flexibility index (Phi) is 4.44. The Balaban J connectivity index is 1.41. The fourth-order valence-corrected chi connectivity index (χ4v) is 4.23. The normalized spacial score (nSPS) is 25.1. The lowest BCUT2D eigenvalue weighted by molar-refractivity contribution is 0.0252. The van der Waals surface area contributed by atoms with E-state index in [1.165, 1.54) is 19.2 Å². The molecule has 3 heterocycles. The first-order chi connectivity index (χ1) is 12.3. The zero-order chi connectivity index (χ0) is 17.1. The van der Waals surface area contributed by atoms with Gasteiger partial charge in [0.05, 0.1) is 18.9 Å². The molecule has 1 saturated carbocycles. The molecule has 1 aliphatic heterocycles. The first-order valence-electron chi connectivity index (χ1n) is 8.80. The van der Waals surface area contributed by atoms with Gasteiger partial charge in [0.1, 0.15) is 12.0 Å². The molecule has 1 amide bonds. The van der Waals surface area contributed by atoms with Gasteiger partial charge in [-0.25, -0.2) is 9.97 Å². The van der Waals surface area contributed by atoms with Gasteiger partial charge in [0.25, 0.3) is 5.91 Å². The van der Waals surface area contributed by atoms with E-state index in [1.54, 1.807) is 18.5 Å². The van der Waals surface area contributed by atoms with Crippen LogP contribution in [0.15, 0.2) is 43.0 Å². The molecule has 0 radical (unpaired) electrons. The van der Waals surface area contributed by atoms with Crippen molar-refractivity contribution in [2.45, 2.75) is 25.9 Å². The Morgan fingerprint density at radius 2 is 2.24 bits per heavy atom. The number of carbonyl (C=O) groups is 1. The second kappa shape index (κ2) is 6.88. The summed E-state index contributed by atoms with van der Waals surface area (Å²) in [5, 5.41) is 0. The Labute approximate surface area is 147 Å². The molecule has 4 rings (SSSR count). The van der Waals surface area contributed by atoms with E-state index in [4.69, 9.17) is 4.74 Å². The number of fused-ring (bicyclic) bond motifs is 1. The highest BCUT2D eigenvalue weighted by atomic mass is 16.5. The first-order valence-corrected chi connectivity index (χ1v) is 8.80. The molecule has 2 aromatic rings. The summed E-state index contributed by atoms with van der Waals surface area (Å²) in [6, 6.07) is 7.53. The maximum absolute atomic E-state index is 12.7. The molecular weight excluding hydrogens is 316 g/mol. The van der Waals surface area contributed by atoms with Crippen LogP contribution in [0, 0.1) is 11.3 Å². The van der Waals surface area contributed by atoms with Gasteiger partial charge in [-0.3, -0.25) is 9.78 Å². The number of carbonyl (C=O) groups excluding carboxylic acids is 1. The van der Waals surface area contributed by atoms with Crippen molar-refractivity contribution >= 4 is 5.91 Å². The van der Waals surface area contributed by atoms with Gasteiger partial charge in [0.15, 0.2) is 0 Å². The molecule has 0 bridgehead atoms. The molecule has 0 spiro atoms. The minimum atomic E-state index is 0.000834. The molecule has 6 heteroatoms. The van der Waals surface area contributed by atoms with E-state index < -0.39 is 0 Å². The number of likely N-dealkylation sites (tertiary alicyclic amines) is 1. The van der Waals surface area contributed by atoms with Crippen LogP contribution in [0.25, 0.3) is 0 Å². The van der Waals surface area contributed by atoms with Crippen LogP contribution >= 0.6 is 0 Å². The summed E-state index contributed by atoms with van der Waals surface area (Å²) in [7, 11) is 0. The van der Waals surface area contributed by atoms with Crippen LogP contribution in [0.4, 0.5) is 0 Å². The van der Waals surface area contributed by atoms with Crippen LogP contribution in [0.2, 0.25) is 0 Å². The van der Waals surface area contributed by atoms with Crippen LogP contribution in [-0.2, 0) is 11.3 Å². The molecule has 130 valence electrons. The van der Waals surface area contributed by atoms with Crippen molar-refractivity contribution in [1.82, 2.24) is 19.9 Å². The molecule has 2 fully saturated rings. The van der Waals surface area contributed by atoms with E-state index in [1.807, 2.05) is 23.1 Å². The minimum absolute atomic E-state index is 0.000834. The fourth-order valence-electron chi connectivity index (χ4n) is 4.23. The molecule has 0 aromatic carbocycles. The maximum Gasteiger partial charge on any atom is 0.272 e. The van der Waals surface area contributed by atoms with Crippen molar-refractivity contribution < 1.29 is 9.53 Å². The zero-order valence-corrected chi connectivity index (χ0v) is 14.2. The number of hydrogen-bond donors (Lipinski definition) is 0. The SMILES string of the molecule is O=C(c1ccncn1)N1C[C@@H]2CCC[C@]2(COCc2ccccn2)C1. The van der Waals surface area contributed by atoms with Crippen molar-refractivity contribution in [3.63, 3.8) is 0 Å². The standard InChI is InChI=1S/C19H22N4O2/c24-18(17-6-9-20-14-22-17)23-10-15-4-3-7-19(15,12-23)13-25-11-16-5-1-2-8-21-16/h1-2,5-6,8-9,14-15H,3-4,7,10-13H2/t15-,19+/m0/s1. The van der Waals surface area contributed by atoms with E-state index >= 15 is 0 Å². The lowest BCUT2D eigenvalue weighted by Gasteiger charge is -2.28. The van der Waals surface area contributed by atoms with E-state index in [2.05, 4.69) is 15.0 Å². The van der Waals surface area contributed by atoms with Gasteiger partial charge >= 0.3 is 0 Å². The smallest absolute Gasteiger partial charge is 0.272 e. The Morgan fingerprint density at radius 1 is 1.28 bits per heavy atom. The predicted octanol–water partition coefficient (Wildman–Crippen LogP) is 2.33. The lowest BCUT2D eigenvalue weighted by Crippen LogP contribution is -2.35. The monoisotopic (exact) mass is 338 g/mol. The quantitative estimate of drug-likeness (QED) is 0.837. The highest BCUT2D eigenvalue weighted by molar-refractivity contribution is 5.92. The third-order valence-electron chi connectivity index (χ3n) is 5.49. The van der Waals surface area contributed by atoms with Gasteiger partial charge in [0.2, 0.25) is 0 Å². The zero-order valence-electron chi connectivity index (χ0n) is 14.2. The number of nitrogens with zero attached hydrogens (tertiary/aromatic N) is 4. The second-order valence-electron chi connectivity index (χ2n) is 7.05. The number of aromatic nitrogens is 3. The average Bonchev–Trinajstić information content (AvgIpc) is 3.20. The highest BCUT2D eigenvalue weighted by Crippen LogP contribution is 2.49. The van der Waals surface area contributed by atoms with Gasteiger partial charge in [-0.15, -0.1) is 0 Å². The third kappa shape index (κ3) is 3.26. The third-order valence-corrected chi connectivity index (χ3v) is 5.49. The fraction of sp³-hybridized carbons (Fsp3) is 0.474. The largest absolute Gasteiger partial charge is 0.375 e. The first kappa shape index (κ1) is 16.1. The minimum Gasteiger partial charge on any atom is -0.375 e. The topological polar surface area (TPSA) is 68.2 Å². The summed E-state index contributed by atoms with van der Waals surface area (Å²) >= 11 is 0. The molecule has 2 aliphatic rings. The molecule has 2 aromatic heterocycles. The molecule has 25 heavy (non-hydrogen) atoms. The summed E-state index contributed by atoms with van der Waals surface area (Å²) in [5.41, 5.74) is 1.50. The lowest BCUT2D eigenvalue weighted by atomic mass is 9.81. The van der Waals surface area contributed by atoms with E-state index in [0.717, 1.165) is 25.2 Å². The molecular formula is C19H22N4O2. The van der Waals surface area contributed by atoms with Gasteiger partial charge in [-0.05, 0) is 37.0 Å². The summed E-state index contributed by atoms with van der Waals surface area (Å²) < 4.78 is 6.02. The van der Waals surface area contributed by atoms with Gasteiger partial charge in [-0.2, -0.15) is 0 Å². The van der Waals surface area contributed by atoms with Crippen LogP contribution in [0.5, 0.6) is 0 Å². The Hall–Kier alpha value is -2.34. The van der Waals surface area contributed by atoms with E-state index in [9.17, 15) is 4.79 Å². The summed E-state index contributed by atoms with van der Waals surface area (Å²) in [6.45, 7) is 2.76. The van der Waals surface area contributed by atoms with Gasteiger partial charge in [-0.1, -0.05) is 12.5 Å². The molecule has 2 atom stereocenters. The Morgan fingerprint density at radius 3 is 3.04 bits per heavy atom. The molecule has 1 saturated heterocycles. The van der Waals surface area contributed by atoms with Gasteiger partial charge in [0, 0.05) is 30.9 Å². The van der Waals surface area contributed by atoms with E-state index in [0.29, 0.717) is 24.8 Å². The number of rotatable bonds is 5. The predicted molar refractivity (Wildman–Crippen MR) is 91.6 cm³/mol. The summed E-state index contributed by atoms with van der Waals surface area (Å²) in [6.07, 6.45) is 8.33. The van der Waals surface area contributed by atoms with Crippen LogP contribution < -0.4 is 0 Å². The van der Waals surface area contributed by atoms with Crippen molar-refractivity contribution in [2.24, 2.45) is 11.3 Å².